The summed E-state index contributed by atoms with van der Waals surface area (Å²) >= 11 is -2.31. The number of rotatable bonds is 10. The SMILES string of the molecule is CC[CH2][Bi]([CH2]CC)[NH][Bi]([CH2]CC)[CH2]CC. The average molecular weight is 605 g/mol. The normalized spacial score (nSPS) is 11.6. The van der Waals surface area contributed by atoms with Crippen LogP contribution in [0.5, 0.6) is 0 Å². The Balaban J connectivity index is 3.93. The first-order valence-electron chi connectivity index (χ1n) is 6.54. The fourth-order valence-electron chi connectivity index (χ4n) is 1.70. The molecule has 0 heterocycles. The molecule has 1 nitrogen and oxygen atoms in total. The molecule has 0 saturated heterocycles. The molecule has 0 aliphatic carbocycles. The van der Waals surface area contributed by atoms with Gasteiger partial charge in [0.15, 0.2) is 0 Å². The van der Waals surface area contributed by atoms with E-state index < -0.39 is 44.1 Å². The van der Waals surface area contributed by atoms with Crippen molar-refractivity contribution in [2.75, 3.05) is 0 Å². The van der Waals surface area contributed by atoms with Gasteiger partial charge >= 0.3 is 115 Å². The molecule has 0 amide bonds. The van der Waals surface area contributed by atoms with Crippen LogP contribution in [0.1, 0.15) is 53.4 Å². The maximum absolute atomic E-state index is 4.27. The first kappa shape index (κ1) is 16.7. The summed E-state index contributed by atoms with van der Waals surface area (Å²) in [6.07, 6.45) is 5.73. The van der Waals surface area contributed by atoms with Gasteiger partial charge in [0, 0.05) is 0 Å². The van der Waals surface area contributed by atoms with E-state index in [4.69, 9.17) is 0 Å². The minimum absolute atomic E-state index is 1.15. The van der Waals surface area contributed by atoms with Gasteiger partial charge in [0.25, 0.3) is 0 Å². The van der Waals surface area contributed by atoms with E-state index in [1.807, 2.05) is 0 Å². The Morgan fingerprint density at radius 3 is 1.07 bits per heavy atom. The zero-order valence-electron chi connectivity index (χ0n) is 11.1. The molecule has 0 bridgehead atoms. The predicted molar refractivity (Wildman–Crippen MR) is 75.0 cm³/mol. The van der Waals surface area contributed by atoms with Gasteiger partial charge in [-0.3, -0.25) is 0 Å². The Morgan fingerprint density at radius 2 is 0.867 bits per heavy atom. The molecule has 1 N–H and O–H groups in total. The average Bonchev–Trinajstić information content (AvgIpc) is 2.19. The fourth-order valence-corrected chi connectivity index (χ4v) is 42.2. The van der Waals surface area contributed by atoms with Crippen molar-refractivity contribution in [3.63, 3.8) is 0 Å². The number of hydrogen-bond donors (Lipinski definition) is 1. The molecule has 0 aromatic carbocycles. The summed E-state index contributed by atoms with van der Waals surface area (Å²) in [6.45, 7) is 9.46. The Hall–Kier alpha value is 1.73. The van der Waals surface area contributed by atoms with Crippen molar-refractivity contribution < 1.29 is 0 Å². The number of nitrogens with one attached hydrogen (secondary N) is 1. The van der Waals surface area contributed by atoms with Crippen molar-refractivity contribution in [1.82, 2.24) is 1.20 Å². The third-order valence-corrected chi connectivity index (χ3v) is 39.1. The molecule has 0 fully saturated rings. The molecule has 0 radical (unpaired) electrons. The Labute approximate surface area is 114 Å². The Kier molecular flexibility index (Phi) is 13.6. The second-order valence-corrected chi connectivity index (χ2v) is 27.0. The van der Waals surface area contributed by atoms with Crippen LogP contribution in [-0.4, -0.2) is 44.1 Å². The maximum atomic E-state index is 4.27. The summed E-state index contributed by atoms with van der Waals surface area (Å²) in [5.41, 5.74) is 0. The molecule has 3 heteroatoms. The van der Waals surface area contributed by atoms with Gasteiger partial charge in [-0.15, -0.1) is 0 Å². The molecular formula is C12H29Bi2N. The van der Waals surface area contributed by atoms with Crippen molar-refractivity contribution in [3.05, 3.63) is 0 Å². The van der Waals surface area contributed by atoms with Gasteiger partial charge in [0.2, 0.25) is 0 Å². The van der Waals surface area contributed by atoms with Gasteiger partial charge in [-0.1, -0.05) is 0 Å². The van der Waals surface area contributed by atoms with Crippen LogP contribution in [-0.2, 0) is 0 Å². The summed E-state index contributed by atoms with van der Waals surface area (Å²) in [7, 11) is 0. The quantitative estimate of drug-likeness (QED) is 0.369. The Morgan fingerprint density at radius 1 is 0.600 bits per heavy atom. The van der Waals surface area contributed by atoms with Gasteiger partial charge < -0.3 is 0 Å². The van der Waals surface area contributed by atoms with E-state index in [0.29, 0.717) is 0 Å². The van der Waals surface area contributed by atoms with E-state index >= 15 is 0 Å². The summed E-state index contributed by atoms with van der Waals surface area (Å²) in [5, 5.41) is 0. The van der Waals surface area contributed by atoms with Crippen LogP contribution < -0.4 is 1.20 Å². The van der Waals surface area contributed by atoms with Crippen LogP contribution >= 0.6 is 0 Å². The van der Waals surface area contributed by atoms with Crippen LogP contribution in [0.15, 0.2) is 0 Å². The topological polar surface area (TPSA) is 12.0 Å². The molecule has 0 aromatic heterocycles. The summed E-state index contributed by atoms with van der Waals surface area (Å²) in [4.78, 5) is 0. The summed E-state index contributed by atoms with van der Waals surface area (Å²) in [5.74, 6) is 0. The molecule has 0 saturated carbocycles. The molecule has 92 valence electrons. The molecule has 0 aliphatic heterocycles. The van der Waals surface area contributed by atoms with Gasteiger partial charge in [-0.05, 0) is 0 Å². The number of hydrogen-bond acceptors (Lipinski definition) is 1. The van der Waals surface area contributed by atoms with E-state index in [1.165, 1.54) is 25.7 Å². The van der Waals surface area contributed by atoms with Crippen molar-refractivity contribution in [3.8, 4) is 0 Å². The van der Waals surface area contributed by atoms with Crippen molar-refractivity contribution in [1.29, 1.82) is 0 Å². The van der Waals surface area contributed by atoms with Gasteiger partial charge in [0.1, 0.15) is 0 Å². The molecule has 15 heavy (non-hydrogen) atoms. The van der Waals surface area contributed by atoms with Crippen molar-refractivity contribution in [2.24, 2.45) is 0 Å². The van der Waals surface area contributed by atoms with Crippen LogP contribution in [0.2, 0.25) is 16.5 Å². The van der Waals surface area contributed by atoms with Crippen LogP contribution in [0.25, 0.3) is 0 Å². The van der Waals surface area contributed by atoms with E-state index in [9.17, 15) is 0 Å². The van der Waals surface area contributed by atoms with E-state index in [1.54, 1.807) is 16.5 Å². The molecule has 0 unspecified atom stereocenters. The first-order chi connectivity index (χ1) is 7.28. The fraction of sp³-hybridized carbons (Fsp3) is 1.00. The molecular weight excluding hydrogens is 576 g/mol. The zero-order chi connectivity index (χ0) is 11.5. The molecule has 0 aliphatic rings. The zero-order valence-corrected chi connectivity index (χ0v) is 18.0. The molecule has 0 spiro atoms. The standard InChI is InChI=1S/4C3H7.2Bi.HN/c4*1-3-2;;;/h4*1,3H2,2H3;;;1H. The third-order valence-electron chi connectivity index (χ3n) is 2.26. The second-order valence-electron chi connectivity index (χ2n) is 4.07. The Bertz CT molecular complexity index is 105. The van der Waals surface area contributed by atoms with Crippen molar-refractivity contribution >= 4 is 44.1 Å². The van der Waals surface area contributed by atoms with E-state index in [2.05, 4.69) is 28.9 Å². The molecule has 0 aromatic rings. The van der Waals surface area contributed by atoms with Gasteiger partial charge in [0.05, 0.1) is 0 Å². The summed E-state index contributed by atoms with van der Waals surface area (Å²) in [6, 6.07) is 0. The van der Waals surface area contributed by atoms with Crippen LogP contribution in [0, 0.1) is 0 Å². The van der Waals surface area contributed by atoms with Crippen LogP contribution in [0.4, 0.5) is 0 Å². The van der Waals surface area contributed by atoms with Crippen LogP contribution in [0.3, 0.4) is 0 Å². The molecule has 0 atom stereocenters. The summed E-state index contributed by atoms with van der Waals surface area (Å²) < 4.78 is 10.7. The molecule has 0 rings (SSSR count). The predicted octanol–water partition coefficient (Wildman–Crippen LogP) is 4.20. The van der Waals surface area contributed by atoms with Gasteiger partial charge in [-0.2, -0.15) is 0 Å². The monoisotopic (exact) mass is 605 g/mol. The van der Waals surface area contributed by atoms with E-state index in [-0.39, 0.29) is 0 Å². The second kappa shape index (κ2) is 12.2. The third kappa shape index (κ3) is 9.43. The van der Waals surface area contributed by atoms with E-state index in [0.717, 1.165) is 0 Å². The minimum atomic E-state index is -1.15. The van der Waals surface area contributed by atoms with Gasteiger partial charge in [-0.25, -0.2) is 0 Å². The van der Waals surface area contributed by atoms with Crippen molar-refractivity contribution in [2.45, 2.75) is 69.9 Å². The first-order valence-corrected chi connectivity index (χ1v) is 19.9.